The second-order valence-corrected chi connectivity index (χ2v) is 7.92. The number of rotatable bonds is 6. The molecule has 3 N–H and O–H groups in total. The summed E-state index contributed by atoms with van der Waals surface area (Å²) in [5.41, 5.74) is 0.983. The number of thioether (sulfide) groups is 1. The lowest BCUT2D eigenvalue weighted by Crippen LogP contribution is -2.71. The first-order valence-corrected chi connectivity index (χ1v) is 10.0. The van der Waals surface area contributed by atoms with Crippen molar-refractivity contribution in [2.24, 2.45) is 0 Å². The molecule has 2 aliphatic heterocycles. The number of urea groups is 1. The summed E-state index contributed by atoms with van der Waals surface area (Å²) < 4.78 is 4.88. The zero-order valence-electron chi connectivity index (χ0n) is 15.3. The maximum absolute atomic E-state index is 12.5. The molecule has 0 radical (unpaired) electrons. The number of fused-ring (bicyclic) bond motifs is 1. The van der Waals surface area contributed by atoms with Crippen LogP contribution < -0.4 is 10.6 Å². The fraction of sp³-hybridized carbons (Fsp3) is 0.333. The topological polar surface area (TPSA) is 125 Å². The Morgan fingerprint density at radius 3 is 2.62 bits per heavy atom. The molecule has 1 fully saturated rings. The van der Waals surface area contributed by atoms with Crippen LogP contribution in [-0.2, 0) is 25.7 Å². The van der Waals surface area contributed by atoms with E-state index in [9.17, 15) is 24.3 Å². The normalized spacial score (nSPS) is 20.5. The number of carbonyl (C=O) groups excluding carboxylic acids is 3. The highest BCUT2D eigenvalue weighted by Crippen LogP contribution is 2.40. The second kappa shape index (κ2) is 8.75. The zero-order chi connectivity index (χ0) is 21.1. The largest absolute Gasteiger partial charge is 0.477 e. The van der Waals surface area contributed by atoms with Crippen molar-refractivity contribution < 1.29 is 29.0 Å². The summed E-state index contributed by atoms with van der Waals surface area (Å²) in [5.74, 6) is -2.08. The maximum atomic E-state index is 12.5. The van der Waals surface area contributed by atoms with E-state index in [0.717, 1.165) is 10.5 Å². The lowest BCUT2D eigenvalue weighted by molar-refractivity contribution is -0.149. The van der Waals surface area contributed by atoms with E-state index in [1.807, 2.05) is 0 Å². The number of carboxylic acids is 1. The minimum Gasteiger partial charge on any atom is -0.477 e. The van der Waals surface area contributed by atoms with Crippen molar-refractivity contribution in [2.45, 2.75) is 24.9 Å². The Labute approximate surface area is 175 Å². The Morgan fingerprint density at radius 1 is 1.31 bits per heavy atom. The van der Waals surface area contributed by atoms with E-state index in [4.69, 9.17) is 16.3 Å². The summed E-state index contributed by atoms with van der Waals surface area (Å²) in [6.07, 6.45) is 0. The quantitative estimate of drug-likeness (QED) is 0.451. The number of ether oxygens (including phenoxy) is 1. The third-order valence-corrected chi connectivity index (χ3v) is 5.94. The van der Waals surface area contributed by atoms with Gasteiger partial charge in [-0.1, -0.05) is 23.7 Å². The molecule has 0 aliphatic carbocycles. The first-order chi connectivity index (χ1) is 13.8. The van der Waals surface area contributed by atoms with Crippen molar-refractivity contribution in [2.75, 3.05) is 12.4 Å². The molecule has 1 aromatic rings. The number of halogens is 1. The molecule has 11 heteroatoms. The van der Waals surface area contributed by atoms with Gasteiger partial charge in [-0.3, -0.25) is 14.5 Å². The molecular weight excluding hydrogens is 422 g/mol. The van der Waals surface area contributed by atoms with Crippen LogP contribution in [0.2, 0.25) is 5.02 Å². The van der Waals surface area contributed by atoms with E-state index >= 15 is 0 Å². The third kappa shape index (κ3) is 4.65. The summed E-state index contributed by atoms with van der Waals surface area (Å²) in [6, 6.07) is 5.57. The zero-order valence-corrected chi connectivity index (χ0v) is 16.9. The Hall–Kier alpha value is -2.72. The van der Waals surface area contributed by atoms with Crippen LogP contribution in [0.4, 0.5) is 4.79 Å². The Morgan fingerprint density at radius 2 is 2.00 bits per heavy atom. The molecule has 2 heterocycles. The lowest BCUT2D eigenvalue weighted by Gasteiger charge is -2.49. The molecule has 0 bridgehead atoms. The van der Waals surface area contributed by atoms with Gasteiger partial charge in [0.25, 0.3) is 5.91 Å². The van der Waals surface area contributed by atoms with E-state index in [2.05, 4.69) is 10.6 Å². The molecular formula is C18H18ClN3O6S. The molecule has 3 amide bonds. The number of nitrogens with zero attached hydrogens (tertiary/aromatic N) is 1. The van der Waals surface area contributed by atoms with E-state index in [1.54, 1.807) is 24.3 Å². The molecule has 1 aromatic carbocycles. The number of aliphatic carboxylic acids is 1. The number of amides is 3. The van der Waals surface area contributed by atoms with Crippen LogP contribution in [0.5, 0.6) is 0 Å². The van der Waals surface area contributed by atoms with Gasteiger partial charge in [-0.05, 0) is 17.7 Å². The van der Waals surface area contributed by atoms with Gasteiger partial charge in [-0.25, -0.2) is 9.59 Å². The van der Waals surface area contributed by atoms with Crippen molar-refractivity contribution in [1.82, 2.24) is 15.5 Å². The molecule has 3 rings (SSSR count). The molecule has 9 nitrogen and oxygen atoms in total. The molecule has 0 unspecified atom stereocenters. The average molecular weight is 440 g/mol. The average Bonchev–Trinajstić information content (AvgIpc) is 2.69. The SMILES string of the molecule is CC(=O)OCC1=C(C(=O)O)N2C(=O)[C@@H](NC(=O)NCc3ccc(Cl)cc3)[C@H]2SC1. The standard InChI is InChI=1S/C18H18ClN3O6S/c1-9(23)28-7-11-8-29-16-13(15(24)22(16)14(11)17(25)26)21-18(27)20-6-10-2-4-12(19)5-3-10/h2-5,13,16H,6-8H2,1H3,(H,25,26)(H2,20,21,27)/t13-,16-/m1/s1. The molecule has 29 heavy (non-hydrogen) atoms. The molecule has 2 aliphatic rings. The summed E-state index contributed by atoms with van der Waals surface area (Å²) in [5, 5.41) is 14.8. The highest BCUT2D eigenvalue weighted by Gasteiger charge is 2.54. The van der Waals surface area contributed by atoms with Gasteiger partial charge in [-0.2, -0.15) is 0 Å². The predicted molar refractivity (Wildman–Crippen MR) is 105 cm³/mol. The first kappa shape index (κ1) is 21.0. The van der Waals surface area contributed by atoms with Gasteiger partial charge in [0.15, 0.2) is 0 Å². The molecule has 2 atom stereocenters. The number of benzene rings is 1. The number of β-lactam (4-membered cyclic amide) rings is 1. The van der Waals surface area contributed by atoms with Crippen molar-refractivity contribution >= 4 is 47.2 Å². The first-order valence-electron chi connectivity index (χ1n) is 8.60. The number of carboxylic acid groups (broad SMARTS) is 1. The van der Waals surface area contributed by atoms with Crippen LogP contribution >= 0.6 is 23.4 Å². The summed E-state index contributed by atoms with van der Waals surface area (Å²) in [4.78, 5) is 48.4. The van der Waals surface area contributed by atoms with Gasteiger partial charge in [0.2, 0.25) is 0 Å². The second-order valence-electron chi connectivity index (χ2n) is 6.38. The van der Waals surface area contributed by atoms with Crippen molar-refractivity contribution in [3.05, 3.63) is 46.1 Å². The number of carbonyl (C=O) groups is 4. The van der Waals surface area contributed by atoms with Crippen molar-refractivity contribution in [3.8, 4) is 0 Å². The number of hydrogen-bond donors (Lipinski definition) is 3. The van der Waals surface area contributed by atoms with E-state index in [1.165, 1.54) is 18.7 Å². The fourth-order valence-electron chi connectivity index (χ4n) is 2.96. The molecule has 1 saturated heterocycles. The highest BCUT2D eigenvalue weighted by atomic mass is 35.5. The molecule has 154 valence electrons. The highest BCUT2D eigenvalue weighted by molar-refractivity contribution is 8.00. The van der Waals surface area contributed by atoms with Crippen LogP contribution in [0.3, 0.4) is 0 Å². The Balaban J connectivity index is 1.61. The van der Waals surface area contributed by atoms with Crippen LogP contribution in [-0.4, -0.2) is 57.7 Å². The number of nitrogens with one attached hydrogen (secondary N) is 2. The summed E-state index contributed by atoms with van der Waals surface area (Å²) in [6.45, 7) is 1.27. The Kier molecular flexibility index (Phi) is 6.33. The number of esters is 1. The maximum Gasteiger partial charge on any atom is 0.352 e. The van der Waals surface area contributed by atoms with Gasteiger partial charge >= 0.3 is 18.0 Å². The van der Waals surface area contributed by atoms with Crippen LogP contribution in [0.25, 0.3) is 0 Å². The van der Waals surface area contributed by atoms with Crippen molar-refractivity contribution in [3.63, 3.8) is 0 Å². The minimum atomic E-state index is -1.28. The minimum absolute atomic E-state index is 0.194. The fourth-order valence-corrected chi connectivity index (χ4v) is 4.41. The van der Waals surface area contributed by atoms with Gasteiger partial charge < -0.3 is 20.5 Å². The van der Waals surface area contributed by atoms with Crippen LogP contribution in [0, 0.1) is 0 Å². The summed E-state index contributed by atoms with van der Waals surface area (Å²) in [7, 11) is 0. The lowest BCUT2D eigenvalue weighted by atomic mass is 10.0. The molecule has 0 saturated carbocycles. The number of hydrogen-bond acceptors (Lipinski definition) is 6. The van der Waals surface area contributed by atoms with Gasteiger partial charge in [0, 0.05) is 29.8 Å². The monoisotopic (exact) mass is 439 g/mol. The van der Waals surface area contributed by atoms with Gasteiger partial charge in [0.05, 0.1) is 0 Å². The van der Waals surface area contributed by atoms with Crippen LogP contribution in [0.15, 0.2) is 35.5 Å². The summed E-state index contributed by atoms with van der Waals surface area (Å²) >= 11 is 7.12. The predicted octanol–water partition coefficient (Wildman–Crippen LogP) is 1.32. The van der Waals surface area contributed by atoms with Gasteiger partial charge in [0.1, 0.15) is 23.7 Å². The smallest absolute Gasteiger partial charge is 0.352 e. The Bertz CT molecular complexity index is 888. The third-order valence-electron chi connectivity index (χ3n) is 4.35. The molecule has 0 aromatic heterocycles. The molecule has 0 spiro atoms. The van der Waals surface area contributed by atoms with Gasteiger partial charge in [-0.15, -0.1) is 11.8 Å². The van der Waals surface area contributed by atoms with Crippen molar-refractivity contribution in [1.29, 1.82) is 0 Å². The van der Waals surface area contributed by atoms with Crippen LogP contribution in [0.1, 0.15) is 12.5 Å². The van der Waals surface area contributed by atoms with E-state index in [-0.39, 0.29) is 24.6 Å². The van der Waals surface area contributed by atoms with E-state index in [0.29, 0.717) is 10.6 Å². The van der Waals surface area contributed by atoms with E-state index < -0.39 is 35.3 Å².